The number of halogens is 2. The molecule has 0 bridgehead atoms. The first-order valence-electron chi connectivity index (χ1n) is 9.98. The van der Waals surface area contributed by atoms with Gasteiger partial charge in [0.05, 0.1) is 17.1 Å². The molecule has 33 heavy (non-hydrogen) atoms. The number of imidazole rings is 1. The Morgan fingerprint density at radius 1 is 1.12 bits per heavy atom. The second kappa shape index (κ2) is 8.10. The van der Waals surface area contributed by atoms with Crippen molar-refractivity contribution in [1.82, 2.24) is 19.9 Å². The summed E-state index contributed by atoms with van der Waals surface area (Å²) in [4.78, 5) is 35.0. The second-order valence-corrected chi connectivity index (χ2v) is 7.73. The first-order valence-corrected chi connectivity index (χ1v) is 10.4. The van der Waals surface area contributed by atoms with Crippen molar-refractivity contribution in [3.05, 3.63) is 94.1 Å². The lowest BCUT2D eigenvalue weighted by Crippen LogP contribution is -2.43. The van der Waals surface area contributed by atoms with Crippen molar-refractivity contribution in [1.29, 1.82) is 0 Å². The zero-order chi connectivity index (χ0) is 23.1. The molecule has 1 unspecified atom stereocenters. The van der Waals surface area contributed by atoms with E-state index in [0.29, 0.717) is 28.2 Å². The highest BCUT2D eigenvalue weighted by atomic mass is 35.5. The van der Waals surface area contributed by atoms with Crippen LogP contribution in [0.2, 0.25) is 5.15 Å². The lowest BCUT2D eigenvalue weighted by molar-refractivity contribution is -0.117. The van der Waals surface area contributed by atoms with Crippen LogP contribution in [0.1, 0.15) is 27.3 Å². The lowest BCUT2D eigenvalue weighted by atomic mass is 10.0. The number of hydrogen-bond acceptors (Lipinski definition) is 5. The van der Waals surface area contributed by atoms with E-state index in [4.69, 9.17) is 11.6 Å². The summed E-state index contributed by atoms with van der Waals surface area (Å²) < 4.78 is 15.9. The maximum Gasteiger partial charge on any atom is 0.273 e. The Kier molecular flexibility index (Phi) is 5.10. The number of aryl methyl sites for hydroxylation is 1. The molecule has 1 aliphatic heterocycles. The van der Waals surface area contributed by atoms with Crippen LogP contribution >= 0.6 is 11.6 Å². The van der Waals surface area contributed by atoms with E-state index in [-0.39, 0.29) is 16.5 Å². The summed E-state index contributed by atoms with van der Waals surface area (Å²) in [6.07, 6.45) is -1.33. The first-order chi connectivity index (χ1) is 15.9. The van der Waals surface area contributed by atoms with Crippen LogP contribution in [0.15, 0.2) is 65.7 Å². The Balaban J connectivity index is 1.58. The van der Waals surface area contributed by atoms with Crippen molar-refractivity contribution in [3.63, 3.8) is 0 Å². The molecule has 5 rings (SSSR count). The number of nitrogens with one attached hydrogen (secondary N) is 2. The van der Waals surface area contributed by atoms with Crippen molar-refractivity contribution in [2.45, 2.75) is 13.1 Å². The van der Waals surface area contributed by atoms with E-state index in [1.165, 1.54) is 16.6 Å². The van der Waals surface area contributed by atoms with Gasteiger partial charge in [0.15, 0.2) is 11.3 Å². The van der Waals surface area contributed by atoms with Gasteiger partial charge in [-0.2, -0.15) is 5.10 Å². The summed E-state index contributed by atoms with van der Waals surface area (Å²) in [5, 5.41) is 9.47. The average Bonchev–Trinajstić information content (AvgIpc) is 3.05. The highest BCUT2D eigenvalue weighted by Crippen LogP contribution is 2.26. The van der Waals surface area contributed by atoms with Gasteiger partial charge in [-0.3, -0.25) is 9.59 Å². The van der Waals surface area contributed by atoms with Crippen LogP contribution in [-0.2, 0) is 4.79 Å². The third-order valence-corrected chi connectivity index (χ3v) is 5.37. The molecular formula is C23H16ClFN6O2. The SMILES string of the molecule is Cc1nc2ccc(Cl)nn2c1C(=O)NC1N=C(c2ccccc2)c2cccc(F)c2NC1=O. The molecule has 10 heteroatoms. The van der Waals surface area contributed by atoms with Crippen molar-refractivity contribution in [2.75, 3.05) is 5.32 Å². The molecule has 0 fully saturated rings. The van der Waals surface area contributed by atoms with Crippen LogP contribution in [-0.4, -0.2) is 38.3 Å². The Morgan fingerprint density at radius 2 is 1.91 bits per heavy atom. The molecule has 2 aromatic carbocycles. The number of rotatable bonds is 3. The number of amides is 2. The molecule has 2 aromatic heterocycles. The number of carbonyl (C=O) groups is 2. The predicted octanol–water partition coefficient (Wildman–Crippen LogP) is 3.38. The number of para-hydroxylation sites is 1. The minimum Gasteiger partial charge on any atom is -0.321 e. The quantitative estimate of drug-likeness (QED) is 0.487. The van der Waals surface area contributed by atoms with Gasteiger partial charge in [-0.05, 0) is 25.1 Å². The fourth-order valence-corrected chi connectivity index (χ4v) is 3.83. The second-order valence-electron chi connectivity index (χ2n) is 7.34. The molecule has 0 spiro atoms. The maximum absolute atomic E-state index is 14.6. The number of nitrogens with zero attached hydrogens (tertiary/aromatic N) is 4. The summed E-state index contributed by atoms with van der Waals surface area (Å²) in [7, 11) is 0. The summed E-state index contributed by atoms with van der Waals surface area (Å²) in [6, 6.07) is 16.7. The zero-order valence-electron chi connectivity index (χ0n) is 17.2. The number of fused-ring (bicyclic) bond motifs is 2. The molecule has 164 valence electrons. The van der Waals surface area contributed by atoms with Gasteiger partial charge in [0.2, 0.25) is 6.17 Å². The number of aliphatic imine (C=N–C) groups is 1. The minimum absolute atomic E-state index is 0.00119. The molecule has 2 N–H and O–H groups in total. The van der Waals surface area contributed by atoms with Crippen molar-refractivity contribution in [3.8, 4) is 0 Å². The molecule has 1 atom stereocenters. The van der Waals surface area contributed by atoms with Gasteiger partial charge in [0.25, 0.3) is 11.8 Å². The van der Waals surface area contributed by atoms with E-state index in [1.54, 1.807) is 37.3 Å². The van der Waals surface area contributed by atoms with Gasteiger partial charge < -0.3 is 10.6 Å². The Bertz CT molecular complexity index is 1450. The zero-order valence-corrected chi connectivity index (χ0v) is 18.0. The number of aromatic nitrogens is 3. The largest absolute Gasteiger partial charge is 0.321 e. The number of benzene rings is 2. The Hall–Kier alpha value is -4.11. The molecule has 4 aromatic rings. The van der Waals surface area contributed by atoms with Crippen LogP contribution in [0.5, 0.6) is 0 Å². The fourth-order valence-electron chi connectivity index (χ4n) is 3.70. The monoisotopic (exact) mass is 462 g/mol. The third-order valence-electron chi connectivity index (χ3n) is 5.17. The van der Waals surface area contributed by atoms with Crippen LogP contribution in [0, 0.1) is 12.7 Å². The van der Waals surface area contributed by atoms with Crippen molar-refractivity contribution >= 4 is 40.5 Å². The van der Waals surface area contributed by atoms with Gasteiger partial charge in [-0.15, -0.1) is 0 Å². The lowest BCUT2D eigenvalue weighted by Gasteiger charge is -2.13. The summed E-state index contributed by atoms with van der Waals surface area (Å²) in [5.41, 5.74) is 2.38. The topological polar surface area (TPSA) is 101 Å². The number of carbonyl (C=O) groups excluding carboxylic acids is 2. The van der Waals surface area contributed by atoms with Crippen LogP contribution in [0.3, 0.4) is 0 Å². The maximum atomic E-state index is 14.6. The van der Waals surface area contributed by atoms with E-state index in [1.807, 2.05) is 18.2 Å². The van der Waals surface area contributed by atoms with E-state index < -0.39 is 23.8 Å². The van der Waals surface area contributed by atoms with Crippen molar-refractivity contribution < 1.29 is 14.0 Å². The first kappa shape index (κ1) is 20.8. The smallest absolute Gasteiger partial charge is 0.273 e. The standard InChI is InChI=1S/C23H16ClFN6O2/c1-12-20(31-17(26-12)11-10-16(24)30-31)22(32)29-21-23(33)28-19-14(8-5-9-15(19)25)18(27-21)13-6-3-2-4-7-13/h2-11,21H,1H3,(H,28,33)(H,29,32). The minimum atomic E-state index is -1.33. The summed E-state index contributed by atoms with van der Waals surface area (Å²) in [6.45, 7) is 1.65. The molecule has 1 aliphatic rings. The average molecular weight is 463 g/mol. The molecule has 0 radical (unpaired) electrons. The molecular weight excluding hydrogens is 447 g/mol. The highest BCUT2D eigenvalue weighted by Gasteiger charge is 2.30. The highest BCUT2D eigenvalue weighted by molar-refractivity contribution is 6.29. The molecule has 3 heterocycles. The molecule has 0 aliphatic carbocycles. The number of anilines is 1. The van der Waals surface area contributed by atoms with E-state index >= 15 is 0 Å². The fraction of sp³-hybridized carbons (Fsp3) is 0.0870. The van der Waals surface area contributed by atoms with Gasteiger partial charge in [0.1, 0.15) is 11.0 Å². The van der Waals surface area contributed by atoms with Crippen LogP contribution in [0.25, 0.3) is 5.65 Å². The normalized spacial score (nSPS) is 15.4. The van der Waals surface area contributed by atoms with E-state index in [9.17, 15) is 14.0 Å². The van der Waals surface area contributed by atoms with Gasteiger partial charge >= 0.3 is 0 Å². The van der Waals surface area contributed by atoms with Gasteiger partial charge in [-0.1, -0.05) is 54.1 Å². The third kappa shape index (κ3) is 3.72. The van der Waals surface area contributed by atoms with Crippen LogP contribution < -0.4 is 10.6 Å². The Morgan fingerprint density at radius 3 is 2.70 bits per heavy atom. The molecule has 2 amide bonds. The molecule has 0 saturated carbocycles. The Labute approximate surface area is 192 Å². The molecule has 0 saturated heterocycles. The van der Waals surface area contributed by atoms with Crippen molar-refractivity contribution in [2.24, 2.45) is 4.99 Å². The summed E-state index contributed by atoms with van der Waals surface area (Å²) >= 11 is 5.98. The van der Waals surface area contributed by atoms with E-state index in [2.05, 4.69) is 25.7 Å². The van der Waals surface area contributed by atoms with Gasteiger partial charge in [0, 0.05) is 11.1 Å². The van der Waals surface area contributed by atoms with Gasteiger partial charge in [-0.25, -0.2) is 18.9 Å². The number of hydrogen-bond donors (Lipinski definition) is 2. The van der Waals surface area contributed by atoms with E-state index in [0.717, 1.165) is 0 Å². The van der Waals surface area contributed by atoms with Crippen LogP contribution in [0.4, 0.5) is 10.1 Å². The molecule has 8 nitrogen and oxygen atoms in total. The predicted molar refractivity (Wildman–Crippen MR) is 121 cm³/mol. The summed E-state index contributed by atoms with van der Waals surface area (Å²) in [5.74, 6) is -1.91. The number of benzodiazepines with no additional fused rings is 1.